The van der Waals surface area contributed by atoms with Crippen molar-refractivity contribution in [1.29, 1.82) is 5.26 Å². The quantitative estimate of drug-likeness (QED) is 0.874. The van der Waals surface area contributed by atoms with Crippen molar-refractivity contribution < 1.29 is 14.6 Å². The molecule has 0 fully saturated rings. The molecule has 0 aliphatic heterocycles. The molecule has 0 amide bonds. The zero-order chi connectivity index (χ0) is 13.5. The van der Waals surface area contributed by atoms with Gasteiger partial charge in [-0.3, -0.25) is 0 Å². The van der Waals surface area contributed by atoms with Gasteiger partial charge in [-0.1, -0.05) is 13.8 Å². The van der Waals surface area contributed by atoms with Crippen LogP contribution in [0.15, 0.2) is 24.3 Å². The van der Waals surface area contributed by atoms with Gasteiger partial charge in [-0.15, -0.1) is 0 Å². The Bertz CT molecular complexity index is 402. The van der Waals surface area contributed by atoms with Crippen LogP contribution in [0.1, 0.15) is 33.3 Å². The first-order valence-corrected chi connectivity index (χ1v) is 5.38. The Morgan fingerprint density at radius 1 is 1.29 bits per heavy atom. The van der Waals surface area contributed by atoms with E-state index in [2.05, 4.69) is 0 Å². The molecule has 1 N–H and O–H groups in total. The molecule has 0 heterocycles. The van der Waals surface area contributed by atoms with E-state index in [-0.39, 0.29) is 0 Å². The fraction of sp³-hybridized carbons (Fsp3) is 0.385. The van der Waals surface area contributed by atoms with Gasteiger partial charge in [-0.2, -0.15) is 5.26 Å². The van der Waals surface area contributed by atoms with Crippen LogP contribution >= 0.6 is 0 Å². The first-order valence-electron chi connectivity index (χ1n) is 5.38. The number of carbonyl (C=O) groups is 1. The predicted molar refractivity (Wildman–Crippen MR) is 64.8 cm³/mol. The summed E-state index contributed by atoms with van der Waals surface area (Å²) in [5.74, 6) is -0.603. The Hall–Kier alpha value is -2.02. The molecular formula is C13H17NO3. The fourth-order valence-electron chi connectivity index (χ4n) is 0.936. The highest BCUT2D eigenvalue weighted by molar-refractivity contribution is 5.76. The lowest BCUT2D eigenvalue weighted by molar-refractivity contribution is -0.152. The molecule has 92 valence electrons. The standard InChI is InChI=1S/C11H11NO3.C2H6/c1-11(2,10(13)14)15-9-5-3-8(7-12)4-6-9;1-2/h3-6H,1-2H3,(H,13,14);1-2H3. The second kappa shape index (κ2) is 6.54. The van der Waals surface area contributed by atoms with Crippen molar-refractivity contribution in [2.75, 3.05) is 0 Å². The third-order valence-corrected chi connectivity index (χ3v) is 1.87. The molecule has 0 bridgehead atoms. The molecule has 17 heavy (non-hydrogen) atoms. The van der Waals surface area contributed by atoms with Gasteiger partial charge < -0.3 is 9.84 Å². The second-order valence-corrected chi connectivity index (χ2v) is 3.55. The number of carboxylic acids is 1. The lowest BCUT2D eigenvalue weighted by atomic mass is 10.1. The van der Waals surface area contributed by atoms with E-state index in [1.807, 2.05) is 19.9 Å². The van der Waals surface area contributed by atoms with Crippen molar-refractivity contribution in [2.45, 2.75) is 33.3 Å². The molecule has 0 unspecified atom stereocenters. The molecule has 1 aromatic carbocycles. The van der Waals surface area contributed by atoms with Gasteiger partial charge in [0.2, 0.25) is 0 Å². The van der Waals surface area contributed by atoms with Gasteiger partial charge in [-0.25, -0.2) is 4.79 Å². The molecule has 0 radical (unpaired) electrons. The van der Waals surface area contributed by atoms with Crippen molar-refractivity contribution in [3.63, 3.8) is 0 Å². The predicted octanol–water partition coefficient (Wildman–Crippen LogP) is 2.83. The van der Waals surface area contributed by atoms with E-state index in [1.165, 1.54) is 13.8 Å². The minimum atomic E-state index is -1.27. The zero-order valence-corrected chi connectivity index (χ0v) is 10.5. The number of carboxylic acid groups (broad SMARTS) is 1. The highest BCUT2D eigenvalue weighted by Crippen LogP contribution is 2.18. The number of nitrogens with zero attached hydrogens (tertiary/aromatic N) is 1. The summed E-state index contributed by atoms with van der Waals surface area (Å²) in [7, 11) is 0. The van der Waals surface area contributed by atoms with Gasteiger partial charge in [-0.05, 0) is 38.1 Å². The summed E-state index contributed by atoms with van der Waals surface area (Å²) in [6, 6.07) is 8.27. The molecule has 0 atom stereocenters. The van der Waals surface area contributed by atoms with Crippen LogP contribution in [0.2, 0.25) is 0 Å². The molecule has 0 saturated heterocycles. The van der Waals surface area contributed by atoms with E-state index in [4.69, 9.17) is 15.1 Å². The maximum absolute atomic E-state index is 10.8. The average molecular weight is 235 g/mol. The minimum absolute atomic E-state index is 0.432. The normalized spacial score (nSPS) is 9.59. The van der Waals surface area contributed by atoms with E-state index >= 15 is 0 Å². The summed E-state index contributed by atoms with van der Waals surface area (Å²) in [6.45, 7) is 6.93. The largest absolute Gasteiger partial charge is 0.478 e. The van der Waals surface area contributed by atoms with Gasteiger partial charge in [0.05, 0.1) is 11.6 Å². The summed E-state index contributed by atoms with van der Waals surface area (Å²) in [6.07, 6.45) is 0. The van der Waals surface area contributed by atoms with Crippen LogP contribution in [0.5, 0.6) is 5.75 Å². The van der Waals surface area contributed by atoms with Crippen LogP contribution in [-0.4, -0.2) is 16.7 Å². The van der Waals surface area contributed by atoms with Gasteiger partial charge >= 0.3 is 5.97 Å². The van der Waals surface area contributed by atoms with Crippen LogP contribution < -0.4 is 4.74 Å². The van der Waals surface area contributed by atoms with Gasteiger partial charge in [0.15, 0.2) is 5.60 Å². The summed E-state index contributed by atoms with van der Waals surface area (Å²) >= 11 is 0. The lowest BCUT2D eigenvalue weighted by Gasteiger charge is -2.21. The fourth-order valence-corrected chi connectivity index (χ4v) is 0.936. The smallest absolute Gasteiger partial charge is 0.347 e. The first-order chi connectivity index (χ1) is 7.95. The van der Waals surface area contributed by atoms with Crippen LogP contribution in [0.25, 0.3) is 0 Å². The number of aliphatic carboxylic acids is 1. The first kappa shape index (κ1) is 15.0. The molecule has 0 aromatic heterocycles. The molecule has 4 heteroatoms. The van der Waals surface area contributed by atoms with Crippen LogP contribution in [0, 0.1) is 11.3 Å². The second-order valence-electron chi connectivity index (χ2n) is 3.55. The zero-order valence-electron chi connectivity index (χ0n) is 10.5. The monoisotopic (exact) mass is 235 g/mol. The SMILES string of the molecule is CC.CC(C)(Oc1ccc(C#N)cc1)C(=O)O. The Morgan fingerprint density at radius 2 is 1.76 bits per heavy atom. The Labute approximate surface area is 101 Å². The molecule has 0 aliphatic carbocycles. The number of ether oxygens (including phenoxy) is 1. The number of benzene rings is 1. The molecular weight excluding hydrogens is 218 g/mol. The van der Waals surface area contributed by atoms with Gasteiger partial charge in [0.25, 0.3) is 0 Å². The molecule has 1 rings (SSSR count). The molecule has 1 aromatic rings. The summed E-state index contributed by atoms with van der Waals surface area (Å²) in [5.41, 5.74) is -0.760. The Morgan fingerprint density at radius 3 is 2.12 bits per heavy atom. The van der Waals surface area contributed by atoms with Crippen molar-refractivity contribution in [3.05, 3.63) is 29.8 Å². The number of rotatable bonds is 3. The molecule has 0 saturated carbocycles. The third-order valence-electron chi connectivity index (χ3n) is 1.87. The van der Waals surface area contributed by atoms with E-state index in [0.29, 0.717) is 11.3 Å². The lowest BCUT2D eigenvalue weighted by Crippen LogP contribution is -2.37. The topological polar surface area (TPSA) is 70.3 Å². The van der Waals surface area contributed by atoms with E-state index in [1.54, 1.807) is 24.3 Å². The van der Waals surface area contributed by atoms with Crippen molar-refractivity contribution in [2.24, 2.45) is 0 Å². The molecule has 0 aliphatic rings. The van der Waals surface area contributed by atoms with Crippen LogP contribution in [0.4, 0.5) is 0 Å². The third kappa shape index (κ3) is 4.56. The van der Waals surface area contributed by atoms with Gasteiger partial charge in [0, 0.05) is 0 Å². The van der Waals surface area contributed by atoms with Crippen molar-refractivity contribution >= 4 is 5.97 Å². The van der Waals surface area contributed by atoms with Crippen LogP contribution in [0.3, 0.4) is 0 Å². The molecule has 4 nitrogen and oxygen atoms in total. The summed E-state index contributed by atoms with van der Waals surface area (Å²) in [4.78, 5) is 10.8. The summed E-state index contributed by atoms with van der Waals surface area (Å²) < 4.78 is 5.25. The maximum atomic E-state index is 10.8. The van der Waals surface area contributed by atoms with Gasteiger partial charge in [0.1, 0.15) is 5.75 Å². The van der Waals surface area contributed by atoms with E-state index < -0.39 is 11.6 Å². The Kier molecular flexibility index (Phi) is 5.76. The van der Waals surface area contributed by atoms with Crippen molar-refractivity contribution in [3.8, 4) is 11.8 Å². The maximum Gasteiger partial charge on any atom is 0.347 e. The number of hydrogen-bond acceptors (Lipinski definition) is 3. The number of nitriles is 1. The minimum Gasteiger partial charge on any atom is -0.478 e. The highest BCUT2D eigenvalue weighted by atomic mass is 16.5. The number of hydrogen-bond donors (Lipinski definition) is 1. The average Bonchev–Trinajstić information content (AvgIpc) is 2.32. The highest BCUT2D eigenvalue weighted by Gasteiger charge is 2.29. The van der Waals surface area contributed by atoms with Crippen molar-refractivity contribution in [1.82, 2.24) is 0 Å². The van der Waals surface area contributed by atoms with Crippen LogP contribution in [-0.2, 0) is 4.79 Å². The van der Waals surface area contributed by atoms with E-state index in [0.717, 1.165) is 0 Å². The Balaban J connectivity index is 0.00000121. The summed E-state index contributed by atoms with van der Waals surface area (Å²) in [5, 5.41) is 17.4. The molecule has 0 spiro atoms. The van der Waals surface area contributed by atoms with E-state index in [9.17, 15) is 4.79 Å².